The third-order valence-electron chi connectivity index (χ3n) is 4.17. The van der Waals surface area contributed by atoms with Gasteiger partial charge in [-0.3, -0.25) is 0 Å². The summed E-state index contributed by atoms with van der Waals surface area (Å²) in [4.78, 5) is 18.2. The van der Waals surface area contributed by atoms with Crippen molar-refractivity contribution < 1.29 is 14.6 Å². The summed E-state index contributed by atoms with van der Waals surface area (Å²) in [5.41, 5.74) is 1.81. The average molecular weight is 315 g/mol. The smallest absolute Gasteiger partial charge is 0.407 e. The zero-order valence-electron chi connectivity index (χ0n) is 13.2. The van der Waals surface area contributed by atoms with Crippen molar-refractivity contribution in [3.63, 3.8) is 0 Å². The number of nitrogens with one attached hydrogen (secondary N) is 1. The predicted octanol–water partition coefficient (Wildman–Crippen LogP) is 2.05. The van der Waals surface area contributed by atoms with Crippen LogP contribution in [0, 0.1) is 0 Å². The maximum atomic E-state index is 11.3. The van der Waals surface area contributed by atoms with Crippen molar-refractivity contribution in [3.05, 3.63) is 35.9 Å². The van der Waals surface area contributed by atoms with Crippen LogP contribution in [-0.4, -0.2) is 42.4 Å². The molecule has 6 heteroatoms. The fraction of sp³-hybridized carbons (Fsp3) is 0.412. The van der Waals surface area contributed by atoms with Gasteiger partial charge in [0.05, 0.1) is 12.1 Å². The second kappa shape index (κ2) is 6.83. The van der Waals surface area contributed by atoms with Crippen molar-refractivity contribution in [1.29, 1.82) is 0 Å². The van der Waals surface area contributed by atoms with E-state index in [0.29, 0.717) is 0 Å². The highest BCUT2D eigenvalue weighted by atomic mass is 16.6. The molecule has 1 saturated heterocycles. The Morgan fingerprint density at radius 2 is 2.13 bits per heavy atom. The Hall–Kier alpha value is -2.34. The summed E-state index contributed by atoms with van der Waals surface area (Å²) in [6.45, 7) is 1.67. The SMILES string of the molecule is CNC(=O)OC1CCN(c2ccc3cc(CO)ccc3n2)CC1. The van der Waals surface area contributed by atoms with Crippen LogP contribution in [0.5, 0.6) is 0 Å². The zero-order chi connectivity index (χ0) is 16.2. The van der Waals surface area contributed by atoms with Gasteiger partial charge in [-0.05, 0) is 29.8 Å². The Bertz CT molecular complexity index is 697. The molecule has 23 heavy (non-hydrogen) atoms. The molecule has 0 atom stereocenters. The Balaban J connectivity index is 1.68. The van der Waals surface area contributed by atoms with E-state index < -0.39 is 0 Å². The van der Waals surface area contributed by atoms with Crippen LogP contribution in [0.2, 0.25) is 0 Å². The lowest BCUT2D eigenvalue weighted by Gasteiger charge is -2.32. The van der Waals surface area contributed by atoms with Crippen LogP contribution in [0.1, 0.15) is 18.4 Å². The number of rotatable bonds is 3. The summed E-state index contributed by atoms with van der Waals surface area (Å²) < 4.78 is 5.30. The van der Waals surface area contributed by atoms with Crippen molar-refractivity contribution in [2.45, 2.75) is 25.6 Å². The van der Waals surface area contributed by atoms with Gasteiger partial charge >= 0.3 is 6.09 Å². The number of aromatic nitrogens is 1. The summed E-state index contributed by atoms with van der Waals surface area (Å²) in [5.74, 6) is 0.938. The molecule has 0 bridgehead atoms. The zero-order valence-corrected chi connectivity index (χ0v) is 13.2. The van der Waals surface area contributed by atoms with Crippen LogP contribution in [0.4, 0.5) is 10.6 Å². The molecule has 3 rings (SSSR count). The highest BCUT2D eigenvalue weighted by Gasteiger charge is 2.22. The lowest BCUT2D eigenvalue weighted by molar-refractivity contribution is 0.0848. The standard InChI is InChI=1S/C17H21N3O3/c1-18-17(22)23-14-6-8-20(9-7-14)16-5-3-13-10-12(11-21)2-4-15(13)19-16/h2-5,10,14,21H,6-9,11H2,1H3,(H,18,22). The molecule has 1 fully saturated rings. The summed E-state index contributed by atoms with van der Waals surface area (Å²) in [7, 11) is 1.57. The highest BCUT2D eigenvalue weighted by molar-refractivity contribution is 5.81. The fourth-order valence-electron chi connectivity index (χ4n) is 2.85. The summed E-state index contributed by atoms with van der Waals surface area (Å²) in [6, 6.07) is 9.82. The number of aliphatic hydroxyl groups is 1. The Morgan fingerprint density at radius 3 is 2.83 bits per heavy atom. The maximum Gasteiger partial charge on any atom is 0.407 e. The van der Waals surface area contributed by atoms with Gasteiger partial charge in [0, 0.05) is 38.4 Å². The number of carbonyl (C=O) groups is 1. The van der Waals surface area contributed by atoms with Gasteiger partial charge in [-0.2, -0.15) is 0 Å². The number of fused-ring (bicyclic) bond motifs is 1. The van der Waals surface area contributed by atoms with Crippen LogP contribution < -0.4 is 10.2 Å². The van der Waals surface area contributed by atoms with Crippen molar-refractivity contribution in [3.8, 4) is 0 Å². The number of carbonyl (C=O) groups excluding carboxylic acids is 1. The molecule has 0 spiro atoms. The number of hydrogen-bond acceptors (Lipinski definition) is 5. The van der Waals surface area contributed by atoms with E-state index in [1.54, 1.807) is 7.05 Å². The molecular weight excluding hydrogens is 294 g/mol. The molecule has 1 aromatic carbocycles. The van der Waals surface area contributed by atoms with E-state index in [9.17, 15) is 9.90 Å². The number of piperidine rings is 1. The van der Waals surface area contributed by atoms with Gasteiger partial charge in [-0.1, -0.05) is 6.07 Å². The first kappa shape index (κ1) is 15.6. The first-order chi connectivity index (χ1) is 11.2. The number of nitrogens with zero attached hydrogens (tertiary/aromatic N) is 2. The quantitative estimate of drug-likeness (QED) is 0.907. The van der Waals surface area contributed by atoms with Gasteiger partial charge in [0.25, 0.3) is 0 Å². The van der Waals surface area contributed by atoms with Gasteiger partial charge in [-0.25, -0.2) is 9.78 Å². The molecular formula is C17H21N3O3. The second-order valence-corrected chi connectivity index (χ2v) is 5.70. The van der Waals surface area contributed by atoms with E-state index >= 15 is 0 Å². The molecule has 0 saturated carbocycles. The monoisotopic (exact) mass is 315 g/mol. The molecule has 6 nitrogen and oxygen atoms in total. The molecule has 2 N–H and O–H groups in total. The van der Waals surface area contributed by atoms with E-state index in [4.69, 9.17) is 9.72 Å². The van der Waals surface area contributed by atoms with E-state index in [1.165, 1.54) is 0 Å². The number of pyridine rings is 1. The number of alkyl carbamates (subject to hydrolysis) is 1. The molecule has 1 aromatic heterocycles. The van der Waals surface area contributed by atoms with Gasteiger partial charge in [-0.15, -0.1) is 0 Å². The number of ether oxygens (including phenoxy) is 1. The molecule has 1 aliphatic rings. The Kier molecular flexibility index (Phi) is 4.62. The highest BCUT2D eigenvalue weighted by Crippen LogP contribution is 2.23. The van der Waals surface area contributed by atoms with E-state index in [2.05, 4.69) is 10.2 Å². The first-order valence-electron chi connectivity index (χ1n) is 7.83. The number of aliphatic hydroxyl groups excluding tert-OH is 1. The normalized spacial score (nSPS) is 15.7. The predicted molar refractivity (Wildman–Crippen MR) is 88.4 cm³/mol. The molecule has 2 heterocycles. The van der Waals surface area contributed by atoms with Crippen LogP contribution >= 0.6 is 0 Å². The molecule has 1 aliphatic heterocycles. The number of amides is 1. The third kappa shape index (κ3) is 3.53. The largest absolute Gasteiger partial charge is 0.446 e. The summed E-state index contributed by atoms with van der Waals surface area (Å²) in [5, 5.41) is 12.7. The van der Waals surface area contributed by atoms with Crippen molar-refractivity contribution >= 4 is 22.8 Å². The molecule has 1 amide bonds. The number of hydrogen-bond donors (Lipinski definition) is 2. The molecule has 2 aromatic rings. The van der Waals surface area contributed by atoms with Crippen molar-refractivity contribution in [2.24, 2.45) is 0 Å². The minimum absolute atomic E-state index is 0.0289. The minimum Gasteiger partial charge on any atom is -0.446 e. The van der Waals surface area contributed by atoms with E-state index in [1.807, 2.05) is 30.3 Å². The summed E-state index contributed by atoms with van der Waals surface area (Å²) >= 11 is 0. The fourth-order valence-corrected chi connectivity index (χ4v) is 2.85. The average Bonchev–Trinajstić information content (AvgIpc) is 2.61. The molecule has 0 unspecified atom stereocenters. The van der Waals surface area contributed by atoms with Crippen LogP contribution in [0.15, 0.2) is 30.3 Å². The van der Waals surface area contributed by atoms with E-state index in [-0.39, 0.29) is 18.8 Å². The topological polar surface area (TPSA) is 74.7 Å². The number of anilines is 1. The second-order valence-electron chi connectivity index (χ2n) is 5.70. The Labute approximate surface area is 135 Å². The van der Waals surface area contributed by atoms with E-state index in [0.717, 1.165) is 48.2 Å². The third-order valence-corrected chi connectivity index (χ3v) is 4.17. The van der Waals surface area contributed by atoms with Crippen LogP contribution in [-0.2, 0) is 11.3 Å². The van der Waals surface area contributed by atoms with Crippen LogP contribution in [0.3, 0.4) is 0 Å². The van der Waals surface area contributed by atoms with Gasteiger partial charge in [0.1, 0.15) is 11.9 Å². The number of benzene rings is 1. The lowest BCUT2D eigenvalue weighted by atomic mass is 10.1. The van der Waals surface area contributed by atoms with Crippen LogP contribution in [0.25, 0.3) is 10.9 Å². The van der Waals surface area contributed by atoms with Gasteiger partial charge < -0.3 is 20.1 Å². The van der Waals surface area contributed by atoms with Crippen molar-refractivity contribution in [2.75, 3.05) is 25.0 Å². The van der Waals surface area contributed by atoms with Gasteiger partial charge in [0.2, 0.25) is 0 Å². The lowest BCUT2D eigenvalue weighted by Crippen LogP contribution is -2.39. The molecule has 122 valence electrons. The van der Waals surface area contributed by atoms with Crippen molar-refractivity contribution in [1.82, 2.24) is 10.3 Å². The first-order valence-corrected chi connectivity index (χ1v) is 7.83. The molecule has 0 radical (unpaired) electrons. The minimum atomic E-state index is -0.369. The maximum absolute atomic E-state index is 11.3. The van der Waals surface area contributed by atoms with Gasteiger partial charge in [0.15, 0.2) is 0 Å². The summed E-state index contributed by atoms with van der Waals surface area (Å²) in [6.07, 6.45) is 1.21. The Morgan fingerprint density at radius 1 is 1.35 bits per heavy atom. The molecule has 0 aliphatic carbocycles.